The van der Waals surface area contributed by atoms with Crippen molar-refractivity contribution >= 4 is 23.3 Å². The van der Waals surface area contributed by atoms with Crippen LogP contribution >= 0.6 is 0 Å². The summed E-state index contributed by atoms with van der Waals surface area (Å²) in [4.78, 5) is 16.0. The molecule has 0 fully saturated rings. The zero-order valence-electron chi connectivity index (χ0n) is 15.5. The Bertz CT molecular complexity index is 1090. The number of nitrogens with two attached hydrogens (primary N) is 1. The SMILES string of the molecule is Cn1cc(-c2cc(F)c(F)c(NC(=O)C(=N)N=C(N)Cc3ccccc3)c2)cn1. The van der Waals surface area contributed by atoms with Gasteiger partial charge in [-0.2, -0.15) is 5.10 Å². The smallest absolute Gasteiger partial charge is 0.293 e. The third kappa shape index (κ3) is 4.89. The Kier molecular flexibility index (Phi) is 5.77. The van der Waals surface area contributed by atoms with E-state index in [-0.39, 0.29) is 12.3 Å². The molecular weight excluding hydrogens is 378 g/mol. The Morgan fingerprint density at radius 1 is 1.24 bits per heavy atom. The number of aliphatic imine (C=N–C) groups is 1. The first kappa shape index (κ1) is 19.9. The van der Waals surface area contributed by atoms with Crippen LogP contribution in [0.1, 0.15) is 5.56 Å². The molecule has 1 amide bonds. The molecule has 9 heteroatoms. The van der Waals surface area contributed by atoms with Gasteiger partial charge in [0.25, 0.3) is 5.91 Å². The van der Waals surface area contributed by atoms with Gasteiger partial charge in [0.2, 0.25) is 5.84 Å². The summed E-state index contributed by atoms with van der Waals surface area (Å²) in [6, 6.07) is 11.4. The van der Waals surface area contributed by atoms with Gasteiger partial charge in [-0.1, -0.05) is 30.3 Å². The van der Waals surface area contributed by atoms with E-state index in [4.69, 9.17) is 11.1 Å². The van der Waals surface area contributed by atoms with Crippen LogP contribution in [-0.2, 0) is 18.3 Å². The monoisotopic (exact) mass is 396 g/mol. The van der Waals surface area contributed by atoms with E-state index >= 15 is 0 Å². The largest absolute Gasteiger partial charge is 0.387 e. The van der Waals surface area contributed by atoms with Crippen LogP contribution in [-0.4, -0.2) is 27.4 Å². The zero-order valence-corrected chi connectivity index (χ0v) is 15.5. The summed E-state index contributed by atoms with van der Waals surface area (Å²) in [5.41, 5.74) is 7.10. The summed E-state index contributed by atoms with van der Waals surface area (Å²) in [7, 11) is 1.69. The third-order valence-electron chi connectivity index (χ3n) is 4.01. The fraction of sp³-hybridized carbons (Fsp3) is 0.100. The molecule has 7 nitrogen and oxygen atoms in total. The number of carbonyl (C=O) groups excluding carboxylic acids is 1. The van der Waals surface area contributed by atoms with Crippen molar-refractivity contribution in [2.45, 2.75) is 6.42 Å². The van der Waals surface area contributed by atoms with Crippen molar-refractivity contribution in [1.82, 2.24) is 9.78 Å². The molecule has 148 valence electrons. The van der Waals surface area contributed by atoms with E-state index in [1.807, 2.05) is 30.3 Å². The van der Waals surface area contributed by atoms with Gasteiger partial charge in [-0.05, 0) is 23.3 Å². The van der Waals surface area contributed by atoms with E-state index in [1.165, 1.54) is 16.9 Å². The minimum Gasteiger partial charge on any atom is -0.387 e. The van der Waals surface area contributed by atoms with Crippen molar-refractivity contribution in [3.8, 4) is 11.1 Å². The van der Waals surface area contributed by atoms with Crippen molar-refractivity contribution in [3.05, 3.63) is 72.1 Å². The normalized spacial score (nSPS) is 11.3. The number of nitrogens with zero attached hydrogens (tertiary/aromatic N) is 3. The Morgan fingerprint density at radius 3 is 2.62 bits per heavy atom. The van der Waals surface area contributed by atoms with Gasteiger partial charge in [0.05, 0.1) is 11.9 Å². The van der Waals surface area contributed by atoms with E-state index < -0.39 is 29.1 Å². The van der Waals surface area contributed by atoms with Crippen molar-refractivity contribution in [2.24, 2.45) is 17.8 Å². The second-order valence-corrected chi connectivity index (χ2v) is 6.29. The lowest BCUT2D eigenvalue weighted by Gasteiger charge is -2.09. The van der Waals surface area contributed by atoms with Gasteiger partial charge in [-0.25, -0.2) is 13.8 Å². The van der Waals surface area contributed by atoms with Crippen LogP contribution in [0.25, 0.3) is 11.1 Å². The van der Waals surface area contributed by atoms with Crippen LogP contribution in [0.5, 0.6) is 0 Å². The van der Waals surface area contributed by atoms with Crippen LogP contribution in [0.15, 0.2) is 59.9 Å². The first-order valence-corrected chi connectivity index (χ1v) is 8.58. The molecule has 0 saturated carbocycles. The fourth-order valence-corrected chi connectivity index (χ4v) is 2.64. The predicted octanol–water partition coefficient (Wildman–Crippen LogP) is 2.88. The quantitative estimate of drug-likeness (QED) is 0.466. The number of halogens is 2. The molecule has 3 aromatic rings. The first-order valence-electron chi connectivity index (χ1n) is 8.58. The maximum absolute atomic E-state index is 14.1. The number of rotatable bonds is 4. The van der Waals surface area contributed by atoms with Gasteiger partial charge >= 0.3 is 0 Å². The molecule has 0 bridgehead atoms. The molecule has 0 saturated heterocycles. The minimum atomic E-state index is -1.24. The van der Waals surface area contributed by atoms with E-state index in [0.717, 1.165) is 11.6 Å². The molecule has 0 spiro atoms. The average Bonchev–Trinajstić information content (AvgIpc) is 3.12. The standard InChI is InChI=1S/C20H18F2N6O/c1-28-11-14(10-25-28)13-8-15(21)18(22)16(9-13)26-20(29)19(24)27-17(23)7-12-5-3-2-4-6-12/h2-6,8-11H,7H2,1H3,(H,26,29)(H3,23,24,27). The molecule has 2 aromatic carbocycles. The van der Waals surface area contributed by atoms with Crippen LogP contribution in [0, 0.1) is 17.0 Å². The molecule has 1 heterocycles. The van der Waals surface area contributed by atoms with Gasteiger partial charge < -0.3 is 11.1 Å². The highest BCUT2D eigenvalue weighted by Gasteiger charge is 2.17. The number of hydrogen-bond donors (Lipinski definition) is 3. The van der Waals surface area contributed by atoms with Crippen molar-refractivity contribution < 1.29 is 13.6 Å². The molecule has 4 N–H and O–H groups in total. The fourth-order valence-electron chi connectivity index (χ4n) is 2.64. The maximum atomic E-state index is 14.1. The van der Waals surface area contributed by atoms with Gasteiger partial charge in [-0.3, -0.25) is 14.9 Å². The van der Waals surface area contributed by atoms with Gasteiger partial charge in [0.15, 0.2) is 11.6 Å². The second-order valence-electron chi connectivity index (χ2n) is 6.29. The Hall–Kier alpha value is -3.88. The molecule has 3 rings (SSSR count). The number of aromatic nitrogens is 2. The topological polar surface area (TPSA) is 109 Å². The number of aryl methyl sites for hydroxylation is 1. The molecule has 0 aliphatic heterocycles. The number of nitrogens with one attached hydrogen (secondary N) is 2. The van der Waals surface area contributed by atoms with E-state index in [2.05, 4.69) is 15.4 Å². The molecular formula is C20H18F2N6O. The summed E-state index contributed by atoms with van der Waals surface area (Å²) in [6.45, 7) is 0. The maximum Gasteiger partial charge on any atom is 0.293 e. The van der Waals surface area contributed by atoms with Crippen LogP contribution in [0.3, 0.4) is 0 Å². The van der Waals surface area contributed by atoms with Crippen molar-refractivity contribution in [2.75, 3.05) is 5.32 Å². The number of anilines is 1. The van der Waals surface area contributed by atoms with Gasteiger partial charge in [0.1, 0.15) is 5.84 Å². The van der Waals surface area contributed by atoms with Gasteiger partial charge in [0, 0.05) is 25.2 Å². The van der Waals surface area contributed by atoms with Crippen LogP contribution in [0.2, 0.25) is 0 Å². The number of benzene rings is 2. The molecule has 0 radical (unpaired) electrons. The molecule has 1 aromatic heterocycles. The highest BCUT2D eigenvalue weighted by molar-refractivity contribution is 6.42. The number of carbonyl (C=O) groups is 1. The van der Waals surface area contributed by atoms with E-state index in [0.29, 0.717) is 11.1 Å². The Morgan fingerprint density at radius 2 is 1.97 bits per heavy atom. The highest BCUT2D eigenvalue weighted by atomic mass is 19.2. The average molecular weight is 396 g/mol. The number of hydrogen-bond acceptors (Lipinski definition) is 3. The summed E-state index contributed by atoms with van der Waals surface area (Å²) in [6.07, 6.45) is 3.35. The Labute approximate surface area is 165 Å². The molecule has 0 aliphatic carbocycles. The lowest BCUT2D eigenvalue weighted by Crippen LogP contribution is -2.25. The lowest BCUT2D eigenvalue weighted by atomic mass is 10.1. The molecule has 29 heavy (non-hydrogen) atoms. The second kappa shape index (κ2) is 8.42. The number of amides is 1. The van der Waals surface area contributed by atoms with Gasteiger partial charge in [-0.15, -0.1) is 0 Å². The summed E-state index contributed by atoms with van der Waals surface area (Å²) < 4.78 is 29.6. The van der Waals surface area contributed by atoms with E-state index in [1.54, 1.807) is 13.2 Å². The lowest BCUT2D eigenvalue weighted by molar-refractivity contribution is -0.110. The minimum absolute atomic E-state index is 0.0483. The van der Waals surface area contributed by atoms with Crippen molar-refractivity contribution in [3.63, 3.8) is 0 Å². The molecule has 0 aliphatic rings. The molecule has 0 unspecified atom stereocenters. The summed E-state index contributed by atoms with van der Waals surface area (Å²) >= 11 is 0. The predicted molar refractivity (Wildman–Crippen MR) is 107 cm³/mol. The third-order valence-corrected chi connectivity index (χ3v) is 4.01. The van der Waals surface area contributed by atoms with E-state index in [9.17, 15) is 13.6 Å². The first-order chi connectivity index (χ1) is 13.8. The number of amidine groups is 2. The zero-order chi connectivity index (χ0) is 21.0. The van der Waals surface area contributed by atoms with Crippen LogP contribution in [0.4, 0.5) is 14.5 Å². The summed E-state index contributed by atoms with van der Waals surface area (Å²) in [5, 5.41) is 13.9. The highest BCUT2D eigenvalue weighted by Crippen LogP contribution is 2.27. The van der Waals surface area contributed by atoms with Crippen molar-refractivity contribution in [1.29, 1.82) is 5.41 Å². The van der Waals surface area contributed by atoms with Crippen LogP contribution < -0.4 is 11.1 Å². The Balaban J connectivity index is 1.76. The summed E-state index contributed by atoms with van der Waals surface area (Å²) in [5.74, 6) is -4.06. The molecule has 0 atom stereocenters.